The minimum Gasteiger partial charge on any atom is -0.334 e. The quantitative estimate of drug-likeness (QED) is 0.679. The van der Waals surface area contributed by atoms with Gasteiger partial charge in [-0.1, -0.05) is 66.5 Å². The summed E-state index contributed by atoms with van der Waals surface area (Å²) in [5.74, 6) is 0.168. The summed E-state index contributed by atoms with van der Waals surface area (Å²) in [4.78, 5) is 27.5. The molecular weight excluding hydrogens is 374 g/mol. The third-order valence-electron chi connectivity index (χ3n) is 5.44. The third-order valence-corrected chi connectivity index (χ3v) is 5.44. The summed E-state index contributed by atoms with van der Waals surface area (Å²) in [6.07, 6.45) is 5.13. The zero-order chi connectivity index (χ0) is 22.5. The molecule has 1 aromatic rings. The Morgan fingerprint density at radius 2 is 1.67 bits per heavy atom. The van der Waals surface area contributed by atoms with Crippen LogP contribution in [-0.4, -0.2) is 28.8 Å². The van der Waals surface area contributed by atoms with E-state index in [0.717, 1.165) is 36.9 Å². The highest BCUT2D eigenvalue weighted by Crippen LogP contribution is 2.28. The molecule has 30 heavy (non-hydrogen) atoms. The second kappa shape index (κ2) is 9.95. The summed E-state index contributed by atoms with van der Waals surface area (Å²) in [5, 5.41) is 3.00. The van der Waals surface area contributed by atoms with Gasteiger partial charge in [0.25, 0.3) is 0 Å². The van der Waals surface area contributed by atoms with Gasteiger partial charge in [-0.2, -0.15) is 0 Å². The van der Waals surface area contributed by atoms with E-state index in [2.05, 4.69) is 46.9 Å². The summed E-state index contributed by atoms with van der Waals surface area (Å²) in [6.45, 7) is 13.0. The molecule has 0 bridgehead atoms. The van der Waals surface area contributed by atoms with Crippen LogP contribution in [0, 0.1) is 10.8 Å². The van der Waals surface area contributed by atoms with Gasteiger partial charge in [-0.05, 0) is 41.4 Å². The van der Waals surface area contributed by atoms with E-state index in [1.54, 1.807) is 0 Å². The highest BCUT2D eigenvalue weighted by atomic mass is 16.2. The van der Waals surface area contributed by atoms with Crippen LogP contribution in [-0.2, 0) is 16.1 Å². The van der Waals surface area contributed by atoms with Crippen molar-refractivity contribution < 1.29 is 9.59 Å². The molecule has 2 unspecified atom stereocenters. The van der Waals surface area contributed by atoms with E-state index >= 15 is 0 Å². The fourth-order valence-electron chi connectivity index (χ4n) is 4.10. The van der Waals surface area contributed by atoms with E-state index in [1.807, 2.05) is 29.2 Å². The summed E-state index contributed by atoms with van der Waals surface area (Å²) in [5.41, 5.74) is 8.10. The van der Waals surface area contributed by atoms with Gasteiger partial charge in [-0.15, -0.1) is 0 Å². The maximum Gasteiger partial charge on any atom is 0.224 e. The van der Waals surface area contributed by atoms with Crippen molar-refractivity contribution in [2.75, 3.05) is 5.32 Å². The summed E-state index contributed by atoms with van der Waals surface area (Å²) >= 11 is 0. The number of anilines is 1. The fraction of sp³-hybridized carbons (Fsp3) is 0.680. The molecule has 5 heteroatoms. The second-order valence-electron chi connectivity index (χ2n) is 11.3. The SMILES string of the molecule is CC(C)(C)CC(=O)Nc1cccc(CN(C(=O)CC(C)(C)C)C2CCCCC2N)c1. The number of rotatable bonds is 6. The third kappa shape index (κ3) is 8.10. The van der Waals surface area contributed by atoms with Crippen LogP contribution < -0.4 is 11.1 Å². The smallest absolute Gasteiger partial charge is 0.224 e. The highest BCUT2D eigenvalue weighted by Gasteiger charge is 2.32. The van der Waals surface area contributed by atoms with Crippen LogP contribution in [0.25, 0.3) is 0 Å². The van der Waals surface area contributed by atoms with Crippen molar-refractivity contribution in [2.24, 2.45) is 16.6 Å². The van der Waals surface area contributed by atoms with Crippen LogP contribution in [0.3, 0.4) is 0 Å². The maximum absolute atomic E-state index is 13.2. The molecule has 5 nitrogen and oxygen atoms in total. The zero-order valence-corrected chi connectivity index (χ0v) is 19.8. The van der Waals surface area contributed by atoms with E-state index in [9.17, 15) is 9.59 Å². The molecule has 168 valence electrons. The average Bonchev–Trinajstić information content (AvgIpc) is 2.57. The molecule has 0 radical (unpaired) electrons. The number of amides is 2. The lowest BCUT2D eigenvalue weighted by Gasteiger charge is -2.39. The number of hydrogen-bond donors (Lipinski definition) is 2. The van der Waals surface area contributed by atoms with Gasteiger partial charge in [0.2, 0.25) is 11.8 Å². The largest absolute Gasteiger partial charge is 0.334 e. The van der Waals surface area contributed by atoms with Crippen LogP contribution in [0.1, 0.15) is 85.6 Å². The number of nitrogens with one attached hydrogen (secondary N) is 1. The van der Waals surface area contributed by atoms with Gasteiger partial charge in [0.15, 0.2) is 0 Å². The van der Waals surface area contributed by atoms with Crippen LogP contribution in [0.2, 0.25) is 0 Å². The molecule has 1 aromatic carbocycles. The van der Waals surface area contributed by atoms with Crippen molar-refractivity contribution in [2.45, 2.75) is 98.7 Å². The van der Waals surface area contributed by atoms with Gasteiger partial charge in [0, 0.05) is 37.2 Å². The van der Waals surface area contributed by atoms with Gasteiger partial charge in [-0.25, -0.2) is 0 Å². The number of carbonyl (C=O) groups is 2. The van der Waals surface area contributed by atoms with Gasteiger partial charge < -0.3 is 16.0 Å². The Bertz CT molecular complexity index is 731. The summed E-state index contributed by atoms with van der Waals surface area (Å²) in [6, 6.07) is 7.94. The van der Waals surface area contributed by atoms with Crippen molar-refractivity contribution in [3.63, 3.8) is 0 Å². The van der Waals surface area contributed by atoms with Gasteiger partial charge in [-0.3, -0.25) is 9.59 Å². The number of nitrogens with two attached hydrogens (primary N) is 1. The van der Waals surface area contributed by atoms with Crippen molar-refractivity contribution in [1.29, 1.82) is 0 Å². The predicted molar refractivity (Wildman–Crippen MR) is 124 cm³/mol. The first-order valence-electron chi connectivity index (χ1n) is 11.3. The van der Waals surface area contributed by atoms with Crippen molar-refractivity contribution in [1.82, 2.24) is 4.90 Å². The zero-order valence-electron chi connectivity index (χ0n) is 19.8. The van der Waals surface area contributed by atoms with Crippen LogP contribution in [0.4, 0.5) is 5.69 Å². The van der Waals surface area contributed by atoms with Gasteiger partial charge in [0.05, 0.1) is 0 Å². The molecule has 1 fully saturated rings. The molecule has 2 rings (SSSR count). The summed E-state index contributed by atoms with van der Waals surface area (Å²) in [7, 11) is 0. The molecular formula is C25H41N3O2. The molecule has 3 N–H and O–H groups in total. The van der Waals surface area contributed by atoms with E-state index < -0.39 is 0 Å². The van der Waals surface area contributed by atoms with E-state index in [1.165, 1.54) is 0 Å². The van der Waals surface area contributed by atoms with Crippen LogP contribution >= 0.6 is 0 Å². The Morgan fingerprint density at radius 3 is 2.27 bits per heavy atom. The molecule has 2 atom stereocenters. The first-order chi connectivity index (χ1) is 13.8. The minimum absolute atomic E-state index is 0.00891. The second-order valence-corrected chi connectivity index (χ2v) is 11.3. The molecule has 0 saturated heterocycles. The number of hydrogen-bond acceptors (Lipinski definition) is 3. The molecule has 2 amide bonds. The van der Waals surface area contributed by atoms with Crippen molar-refractivity contribution in [3.8, 4) is 0 Å². The van der Waals surface area contributed by atoms with E-state index in [0.29, 0.717) is 19.4 Å². The van der Waals surface area contributed by atoms with Crippen molar-refractivity contribution in [3.05, 3.63) is 29.8 Å². The normalized spacial score (nSPS) is 20.0. The fourth-order valence-corrected chi connectivity index (χ4v) is 4.10. The number of carbonyl (C=O) groups excluding carboxylic acids is 2. The Labute approximate surface area is 182 Å². The lowest BCUT2D eigenvalue weighted by Crippen LogP contribution is -2.52. The Kier molecular flexibility index (Phi) is 8.09. The lowest BCUT2D eigenvalue weighted by atomic mass is 9.87. The molecule has 1 aliphatic rings. The molecule has 0 aromatic heterocycles. The monoisotopic (exact) mass is 415 g/mol. The molecule has 0 heterocycles. The standard InChI is InChI=1S/C25H41N3O2/c1-24(2,3)15-22(29)27-19-11-9-10-18(14-19)17-28(23(30)16-25(4,5)6)21-13-8-7-12-20(21)26/h9-11,14,20-21H,7-8,12-13,15-17,26H2,1-6H3,(H,27,29). The van der Waals surface area contributed by atoms with Crippen LogP contribution in [0.15, 0.2) is 24.3 Å². The van der Waals surface area contributed by atoms with Crippen molar-refractivity contribution >= 4 is 17.5 Å². The topological polar surface area (TPSA) is 75.4 Å². The molecule has 0 aliphatic heterocycles. The average molecular weight is 416 g/mol. The Balaban J connectivity index is 2.18. The maximum atomic E-state index is 13.2. The molecule has 1 aliphatic carbocycles. The molecule has 0 spiro atoms. The Morgan fingerprint density at radius 1 is 1.03 bits per heavy atom. The predicted octanol–water partition coefficient (Wildman–Crippen LogP) is 5.10. The number of benzene rings is 1. The van der Waals surface area contributed by atoms with Gasteiger partial charge >= 0.3 is 0 Å². The number of nitrogens with zero attached hydrogens (tertiary/aromatic N) is 1. The minimum atomic E-state index is -0.0725. The lowest BCUT2D eigenvalue weighted by molar-refractivity contribution is -0.137. The highest BCUT2D eigenvalue weighted by molar-refractivity contribution is 5.91. The molecule has 1 saturated carbocycles. The van der Waals surface area contributed by atoms with E-state index in [-0.39, 0.29) is 34.7 Å². The first-order valence-corrected chi connectivity index (χ1v) is 11.3. The van der Waals surface area contributed by atoms with E-state index in [4.69, 9.17) is 5.73 Å². The Hall–Kier alpha value is -1.88. The summed E-state index contributed by atoms with van der Waals surface area (Å²) < 4.78 is 0. The van der Waals surface area contributed by atoms with Crippen LogP contribution in [0.5, 0.6) is 0 Å². The first kappa shape index (κ1) is 24.4. The van der Waals surface area contributed by atoms with Gasteiger partial charge in [0.1, 0.15) is 0 Å².